The van der Waals surface area contributed by atoms with Gasteiger partial charge in [-0.2, -0.15) is 0 Å². The van der Waals surface area contributed by atoms with Crippen molar-refractivity contribution in [2.24, 2.45) is 34.5 Å². The molecule has 0 radical (unpaired) electrons. The van der Waals surface area contributed by atoms with Crippen molar-refractivity contribution in [3.05, 3.63) is 52.6 Å². The zero-order valence-electron chi connectivity index (χ0n) is 33.0. The summed E-state index contributed by atoms with van der Waals surface area (Å²) in [5.74, 6) is 12.4. The van der Waals surface area contributed by atoms with Gasteiger partial charge in [-0.15, -0.1) is 12.8 Å². The second-order valence-electron chi connectivity index (χ2n) is 19.8. The predicted octanol–water partition coefficient (Wildman–Crippen LogP) is 10.9. The number of ether oxygens (including phenoxy) is 3. The Balaban J connectivity index is 0.965. The van der Waals surface area contributed by atoms with Crippen LogP contribution in [0.5, 0.6) is 17.2 Å². The maximum atomic E-state index is 11.7. The summed E-state index contributed by atoms with van der Waals surface area (Å²) in [4.78, 5) is 0. The van der Waals surface area contributed by atoms with Gasteiger partial charge >= 0.3 is 0 Å². The molecule has 0 aliphatic heterocycles. The summed E-state index contributed by atoms with van der Waals surface area (Å²) >= 11 is 0. The molecule has 2 unspecified atom stereocenters. The fourth-order valence-electron chi connectivity index (χ4n) is 14.7. The number of terminal acetylenes is 2. The summed E-state index contributed by atoms with van der Waals surface area (Å²) in [5.41, 5.74) is 3.86. The van der Waals surface area contributed by atoms with Crippen molar-refractivity contribution in [2.45, 2.75) is 178 Å². The number of aliphatic hydroxyl groups is 1. The van der Waals surface area contributed by atoms with Crippen LogP contribution in [-0.4, -0.2) is 28.5 Å². The summed E-state index contributed by atoms with van der Waals surface area (Å²) in [5, 5.41) is 11.7. The minimum absolute atomic E-state index is 0.102. The van der Waals surface area contributed by atoms with Crippen LogP contribution in [0, 0.1) is 59.2 Å². The minimum Gasteiger partial charge on any atom is -0.490 e. The van der Waals surface area contributed by atoms with E-state index in [0.717, 1.165) is 94.3 Å². The van der Waals surface area contributed by atoms with Crippen LogP contribution in [-0.2, 0) is 12.8 Å². The van der Waals surface area contributed by atoms with Crippen molar-refractivity contribution in [1.29, 1.82) is 0 Å². The first-order chi connectivity index (χ1) is 26.2. The number of hydrogen-bond acceptors (Lipinski definition) is 4. The highest BCUT2D eigenvalue weighted by molar-refractivity contribution is 5.52. The maximum Gasteiger partial charge on any atom is 0.174 e. The maximum absolute atomic E-state index is 11.7. The third kappa shape index (κ3) is 5.20. The molecule has 6 saturated carbocycles. The highest BCUT2D eigenvalue weighted by Crippen LogP contribution is 2.68. The Labute approximate surface area is 324 Å². The topological polar surface area (TPSA) is 47.9 Å². The molecular formula is C50H62O4. The molecule has 0 saturated heterocycles. The Bertz CT molecular complexity index is 1870. The van der Waals surface area contributed by atoms with Crippen LogP contribution in [0.4, 0.5) is 0 Å². The number of rotatable bonds is 6. The number of aryl methyl sites for hydroxylation is 2. The molecule has 6 fully saturated rings. The first-order valence-electron chi connectivity index (χ1n) is 22.2. The minimum atomic E-state index is -1.01. The number of benzene rings is 2. The van der Waals surface area contributed by atoms with Gasteiger partial charge in [0.15, 0.2) is 5.60 Å². The summed E-state index contributed by atoms with van der Waals surface area (Å²) in [7, 11) is 0. The molecule has 2 aromatic carbocycles. The standard InChI is InChI=1S/C50H62O4/c1-5-49(51)27-23-43-41-19-16-33-30-37(53-35-13-9-10-14-35)31-45(46(33)42(41)22-25-47(43,49)3)54-50(6-2)28-24-44-40-18-15-32-29-36(52-34-11-7-8-12-34)17-20-38(32)39(40)21-26-48(44,50)4/h1-2,17,20,29-31,34-35,39-44,51H,7-16,18-19,21-28H2,3-4H3/t39-,40-,41-,42+,43+,44+,47?,48?,49+,50+/m1/s1. The van der Waals surface area contributed by atoms with Crippen LogP contribution >= 0.6 is 0 Å². The Hall–Kier alpha value is -3.08. The predicted molar refractivity (Wildman–Crippen MR) is 214 cm³/mol. The molecule has 4 nitrogen and oxygen atoms in total. The van der Waals surface area contributed by atoms with Gasteiger partial charge in [0.25, 0.3) is 0 Å². The molecule has 10 atom stereocenters. The molecule has 1 N–H and O–H groups in total. The van der Waals surface area contributed by atoms with Gasteiger partial charge in [0.1, 0.15) is 22.8 Å². The van der Waals surface area contributed by atoms with E-state index in [4.69, 9.17) is 27.1 Å². The van der Waals surface area contributed by atoms with Gasteiger partial charge in [0.2, 0.25) is 0 Å². The average Bonchev–Trinajstić information content (AvgIpc) is 3.99. The van der Waals surface area contributed by atoms with E-state index in [1.807, 2.05) is 0 Å². The molecule has 8 aliphatic carbocycles. The quantitative estimate of drug-likeness (QED) is 0.301. The van der Waals surface area contributed by atoms with E-state index in [0.29, 0.717) is 48.0 Å². The molecule has 10 rings (SSSR count). The summed E-state index contributed by atoms with van der Waals surface area (Å²) in [6, 6.07) is 11.7. The first kappa shape index (κ1) is 35.3. The highest BCUT2D eigenvalue weighted by Gasteiger charge is 2.65. The molecule has 0 amide bonds. The molecule has 2 aromatic rings. The fourth-order valence-corrected chi connectivity index (χ4v) is 14.7. The third-order valence-electron chi connectivity index (χ3n) is 17.7. The van der Waals surface area contributed by atoms with Crippen molar-refractivity contribution in [2.75, 3.05) is 0 Å². The molecule has 0 aromatic heterocycles. The van der Waals surface area contributed by atoms with Crippen LogP contribution in [0.1, 0.15) is 164 Å². The van der Waals surface area contributed by atoms with E-state index in [1.54, 1.807) is 5.56 Å². The lowest BCUT2D eigenvalue weighted by atomic mass is 9.53. The Morgan fingerprint density at radius 3 is 1.96 bits per heavy atom. The van der Waals surface area contributed by atoms with Gasteiger partial charge in [-0.25, -0.2) is 0 Å². The second-order valence-corrected chi connectivity index (χ2v) is 19.8. The highest BCUT2D eigenvalue weighted by atomic mass is 16.5. The van der Waals surface area contributed by atoms with Gasteiger partial charge in [-0.3, -0.25) is 0 Å². The Kier molecular flexibility index (Phi) is 8.50. The van der Waals surface area contributed by atoms with E-state index in [1.165, 1.54) is 61.6 Å². The third-order valence-corrected chi connectivity index (χ3v) is 17.7. The van der Waals surface area contributed by atoms with Crippen molar-refractivity contribution in [1.82, 2.24) is 0 Å². The molecule has 0 heterocycles. The van der Waals surface area contributed by atoms with Gasteiger partial charge in [-0.1, -0.05) is 31.8 Å². The Morgan fingerprint density at radius 1 is 0.630 bits per heavy atom. The van der Waals surface area contributed by atoms with Gasteiger partial charge in [0, 0.05) is 22.5 Å². The fraction of sp³-hybridized carbons (Fsp3) is 0.680. The van der Waals surface area contributed by atoms with Crippen molar-refractivity contribution < 1.29 is 19.3 Å². The van der Waals surface area contributed by atoms with Gasteiger partial charge in [-0.05, 0) is 199 Å². The molecule has 0 spiro atoms. The monoisotopic (exact) mass is 726 g/mol. The molecule has 8 aliphatic rings. The smallest absolute Gasteiger partial charge is 0.174 e. The van der Waals surface area contributed by atoms with Crippen LogP contribution in [0.3, 0.4) is 0 Å². The van der Waals surface area contributed by atoms with Crippen LogP contribution < -0.4 is 14.2 Å². The van der Waals surface area contributed by atoms with Crippen LogP contribution in [0.2, 0.25) is 0 Å². The lowest BCUT2D eigenvalue weighted by Crippen LogP contribution is -2.53. The summed E-state index contributed by atoms with van der Waals surface area (Å²) in [6.45, 7) is 4.77. The normalized spacial score (nSPS) is 41.0. The lowest BCUT2D eigenvalue weighted by Gasteiger charge is -2.54. The van der Waals surface area contributed by atoms with Crippen molar-refractivity contribution in [3.63, 3.8) is 0 Å². The van der Waals surface area contributed by atoms with E-state index >= 15 is 0 Å². The van der Waals surface area contributed by atoms with E-state index in [2.05, 4.69) is 56.0 Å². The molecule has 54 heavy (non-hydrogen) atoms. The zero-order chi connectivity index (χ0) is 36.9. The van der Waals surface area contributed by atoms with E-state index < -0.39 is 11.2 Å². The summed E-state index contributed by atoms with van der Waals surface area (Å²) < 4.78 is 20.9. The van der Waals surface area contributed by atoms with Crippen molar-refractivity contribution in [3.8, 4) is 41.9 Å². The van der Waals surface area contributed by atoms with E-state index in [9.17, 15) is 5.11 Å². The number of fused-ring (bicyclic) bond motifs is 10. The molecule has 0 bridgehead atoms. The SMILES string of the molecule is C#C[C@]1(O)CC[C@H]2[C@@H]3CCc4cc(OC5CCCC5)cc(O[C@@]5(C#C)CC[C@H]6[C@@H]7CCc8cc(OC9CCCC9)ccc8[C@H]7CCC65C)c4[C@H]3CCC21C. The van der Waals surface area contributed by atoms with Gasteiger partial charge < -0.3 is 19.3 Å². The zero-order valence-corrected chi connectivity index (χ0v) is 33.0. The molecule has 286 valence electrons. The largest absolute Gasteiger partial charge is 0.490 e. The number of hydrogen-bond donors (Lipinski definition) is 1. The molecular weight excluding hydrogens is 665 g/mol. The van der Waals surface area contributed by atoms with Crippen molar-refractivity contribution >= 4 is 0 Å². The van der Waals surface area contributed by atoms with Crippen LogP contribution in [0.25, 0.3) is 0 Å². The van der Waals surface area contributed by atoms with Gasteiger partial charge in [0.05, 0.1) is 12.2 Å². The van der Waals surface area contributed by atoms with Crippen LogP contribution in [0.15, 0.2) is 30.3 Å². The first-order valence-corrected chi connectivity index (χ1v) is 22.2. The second kappa shape index (κ2) is 13.0. The summed E-state index contributed by atoms with van der Waals surface area (Å²) in [6.07, 6.45) is 35.7. The Morgan fingerprint density at radius 2 is 1.24 bits per heavy atom. The average molecular weight is 727 g/mol. The lowest BCUT2D eigenvalue weighted by molar-refractivity contribution is -0.0667. The molecule has 4 heteroatoms. The van der Waals surface area contributed by atoms with E-state index in [-0.39, 0.29) is 16.9 Å².